The van der Waals surface area contributed by atoms with Gasteiger partial charge in [0, 0.05) is 51.9 Å². The third kappa shape index (κ3) is 5.80. The number of rotatable bonds is 6. The van der Waals surface area contributed by atoms with Crippen LogP contribution in [0.3, 0.4) is 0 Å². The zero-order valence-corrected chi connectivity index (χ0v) is 13.0. The molecule has 1 saturated carbocycles. The molecule has 0 spiro atoms. The molecule has 0 aromatic carbocycles. The molecule has 3 heteroatoms. The van der Waals surface area contributed by atoms with E-state index in [0.717, 1.165) is 12.0 Å². The third-order valence-electron chi connectivity index (χ3n) is 4.55. The average Bonchev–Trinajstić information content (AvgIpc) is 2.41. The first-order chi connectivity index (χ1) is 9.24. The Hall–Kier alpha value is -0.120. The van der Waals surface area contributed by atoms with Crippen LogP contribution in [0.4, 0.5) is 0 Å². The fourth-order valence-corrected chi connectivity index (χ4v) is 3.45. The Morgan fingerprint density at radius 2 is 1.58 bits per heavy atom. The van der Waals surface area contributed by atoms with Crippen molar-refractivity contribution in [3.05, 3.63) is 0 Å². The van der Waals surface area contributed by atoms with Crippen molar-refractivity contribution in [1.29, 1.82) is 0 Å². The van der Waals surface area contributed by atoms with Gasteiger partial charge in [-0.05, 0) is 18.8 Å². The topological polar surface area (TPSA) is 18.5 Å². The number of hydrogen-bond acceptors (Lipinski definition) is 3. The second-order valence-corrected chi connectivity index (χ2v) is 6.83. The van der Waals surface area contributed by atoms with E-state index in [9.17, 15) is 0 Å². The molecule has 0 aromatic heterocycles. The first-order valence-electron chi connectivity index (χ1n) is 8.42. The minimum Gasteiger partial charge on any atom is -0.313 e. The van der Waals surface area contributed by atoms with Crippen LogP contribution in [0.5, 0.6) is 0 Å². The summed E-state index contributed by atoms with van der Waals surface area (Å²) < 4.78 is 0. The zero-order chi connectivity index (χ0) is 13.5. The molecule has 2 rings (SSSR count). The molecule has 2 aliphatic rings. The van der Waals surface area contributed by atoms with Crippen molar-refractivity contribution in [2.75, 3.05) is 45.8 Å². The van der Waals surface area contributed by atoms with Crippen LogP contribution in [0.1, 0.15) is 46.0 Å². The highest BCUT2D eigenvalue weighted by Crippen LogP contribution is 2.17. The van der Waals surface area contributed by atoms with Crippen molar-refractivity contribution in [3.8, 4) is 0 Å². The van der Waals surface area contributed by atoms with E-state index >= 15 is 0 Å². The first kappa shape index (κ1) is 15.3. The van der Waals surface area contributed by atoms with Crippen molar-refractivity contribution in [3.63, 3.8) is 0 Å². The van der Waals surface area contributed by atoms with Crippen molar-refractivity contribution in [2.24, 2.45) is 5.92 Å². The summed E-state index contributed by atoms with van der Waals surface area (Å²) in [6.07, 6.45) is 7.14. The Morgan fingerprint density at radius 1 is 0.947 bits per heavy atom. The predicted octanol–water partition coefficient (Wildman–Crippen LogP) is 2.18. The molecule has 3 nitrogen and oxygen atoms in total. The van der Waals surface area contributed by atoms with Crippen molar-refractivity contribution < 1.29 is 0 Å². The number of nitrogens with one attached hydrogen (secondary N) is 1. The van der Waals surface area contributed by atoms with E-state index in [2.05, 4.69) is 29.0 Å². The minimum absolute atomic E-state index is 0.805. The van der Waals surface area contributed by atoms with Crippen molar-refractivity contribution in [2.45, 2.75) is 52.0 Å². The summed E-state index contributed by atoms with van der Waals surface area (Å²) >= 11 is 0. The van der Waals surface area contributed by atoms with Crippen LogP contribution in [-0.2, 0) is 0 Å². The molecular formula is C16H33N3. The molecule has 1 saturated heterocycles. The van der Waals surface area contributed by atoms with Crippen molar-refractivity contribution >= 4 is 0 Å². The zero-order valence-electron chi connectivity index (χ0n) is 13.0. The van der Waals surface area contributed by atoms with Gasteiger partial charge >= 0.3 is 0 Å². The van der Waals surface area contributed by atoms with Crippen LogP contribution in [0.2, 0.25) is 0 Å². The molecule has 0 aromatic rings. The third-order valence-corrected chi connectivity index (χ3v) is 4.55. The van der Waals surface area contributed by atoms with E-state index in [1.807, 2.05) is 0 Å². The van der Waals surface area contributed by atoms with Crippen molar-refractivity contribution in [1.82, 2.24) is 15.1 Å². The highest BCUT2D eigenvalue weighted by Gasteiger charge is 2.17. The summed E-state index contributed by atoms with van der Waals surface area (Å²) in [4.78, 5) is 5.25. The summed E-state index contributed by atoms with van der Waals surface area (Å²) in [7, 11) is 0. The van der Waals surface area contributed by atoms with E-state index < -0.39 is 0 Å². The molecular weight excluding hydrogens is 234 g/mol. The van der Waals surface area contributed by atoms with E-state index in [0.29, 0.717) is 0 Å². The number of nitrogens with zero attached hydrogens (tertiary/aromatic N) is 2. The summed E-state index contributed by atoms with van der Waals surface area (Å²) in [6, 6.07) is 0.816. The summed E-state index contributed by atoms with van der Waals surface area (Å²) in [5, 5.41) is 3.76. The maximum atomic E-state index is 3.76. The minimum atomic E-state index is 0.805. The van der Waals surface area contributed by atoms with Crippen LogP contribution in [0.15, 0.2) is 0 Å². The van der Waals surface area contributed by atoms with Crippen LogP contribution in [0, 0.1) is 5.92 Å². The first-order valence-corrected chi connectivity index (χ1v) is 8.42. The van der Waals surface area contributed by atoms with Gasteiger partial charge in [-0.1, -0.05) is 33.1 Å². The van der Waals surface area contributed by atoms with Crippen LogP contribution in [0.25, 0.3) is 0 Å². The normalized spacial score (nSPS) is 24.2. The van der Waals surface area contributed by atoms with Gasteiger partial charge in [-0.3, -0.25) is 4.90 Å². The Morgan fingerprint density at radius 3 is 2.21 bits per heavy atom. The summed E-state index contributed by atoms with van der Waals surface area (Å²) in [5.41, 5.74) is 0. The number of piperazine rings is 1. The van der Waals surface area contributed by atoms with Gasteiger partial charge < -0.3 is 10.2 Å². The maximum absolute atomic E-state index is 3.76. The smallest absolute Gasteiger partial charge is 0.0110 e. The van der Waals surface area contributed by atoms with E-state index in [1.165, 1.54) is 77.9 Å². The molecule has 0 amide bonds. The fraction of sp³-hybridized carbons (Fsp3) is 1.00. The Kier molecular flexibility index (Phi) is 6.62. The van der Waals surface area contributed by atoms with Gasteiger partial charge in [0.25, 0.3) is 0 Å². The van der Waals surface area contributed by atoms with Gasteiger partial charge in [0.15, 0.2) is 0 Å². The van der Waals surface area contributed by atoms with Gasteiger partial charge in [0.05, 0.1) is 0 Å². The fourth-order valence-electron chi connectivity index (χ4n) is 3.45. The average molecular weight is 267 g/mol. The molecule has 0 radical (unpaired) electrons. The van der Waals surface area contributed by atoms with Crippen LogP contribution < -0.4 is 5.32 Å². The van der Waals surface area contributed by atoms with E-state index in [1.54, 1.807) is 0 Å². The van der Waals surface area contributed by atoms with Crippen LogP contribution >= 0.6 is 0 Å². The second-order valence-electron chi connectivity index (χ2n) is 6.83. The monoisotopic (exact) mass is 267 g/mol. The molecule has 2 fully saturated rings. The quantitative estimate of drug-likeness (QED) is 0.796. The van der Waals surface area contributed by atoms with Crippen LogP contribution in [-0.4, -0.2) is 61.7 Å². The molecule has 1 heterocycles. The van der Waals surface area contributed by atoms with Gasteiger partial charge in [-0.2, -0.15) is 0 Å². The molecule has 1 aliphatic carbocycles. The lowest BCUT2D eigenvalue weighted by Gasteiger charge is -2.36. The van der Waals surface area contributed by atoms with E-state index in [4.69, 9.17) is 0 Å². The molecule has 1 N–H and O–H groups in total. The molecule has 0 bridgehead atoms. The molecule has 19 heavy (non-hydrogen) atoms. The lowest BCUT2D eigenvalue weighted by atomic mass is 9.95. The maximum Gasteiger partial charge on any atom is 0.0110 e. The summed E-state index contributed by atoms with van der Waals surface area (Å²) in [5.74, 6) is 0.805. The van der Waals surface area contributed by atoms with Gasteiger partial charge in [0.1, 0.15) is 0 Å². The predicted molar refractivity (Wildman–Crippen MR) is 82.6 cm³/mol. The Bertz CT molecular complexity index is 228. The lowest BCUT2D eigenvalue weighted by molar-refractivity contribution is 0.121. The van der Waals surface area contributed by atoms with Gasteiger partial charge in [0.2, 0.25) is 0 Å². The second kappa shape index (κ2) is 8.23. The highest BCUT2D eigenvalue weighted by molar-refractivity contribution is 4.75. The standard InChI is InChI=1S/C16H33N3/c1-15(2)14-19-12-10-18(11-13-19)9-8-17-16-6-4-3-5-7-16/h15-17H,3-14H2,1-2H3. The Labute approximate surface area is 119 Å². The molecule has 0 unspecified atom stereocenters. The number of hydrogen-bond donors (Lipinski definition) is 1. The Balaban J connectivity index is 1.53. The van der Waals surface area contributed by atoms with E-state index in [-0.39, 0.29) is 0 Å². The SMILES string of the molecule is CC(C)CN1CCN(CCNC2CCCCC2)CC1. The molecule has 0 atom stereocenters. The molecule has 1 aliphatic heterocycles. The van der Waals surface area contributed by atoms with Gasteiger partial charge in [-0.25, -0.2) is 0 Å². The molecule has 112 valence electrons. The highest BCUT2D eigenvalue weighted by atomic mass is 15.3. The van der Waals surface area contributed by atoms with Gasteiger partial charge in [-0.15, -0.1) is 0 Å². The lowest BCUT2D eigenvalue weighted by Crippen LogP contribution is -2.49. The largest absolute Gasteiger partial charge is 0.313 e. The summed E-state index contributed by atoms with van der Waals surface area (Å²) in [6.45, 7) is 13.4.